The number of aromatic nitrogens is 1. The molecular formula is C19H17FN2O3. The maximum absolute atomic E-state index is 12.9. The van der Waals surface area contributed by atoms with Gasteiger partial charge in [-0.05, 0) is 42.3 Å². The van der Waals surface area contributed by atoms with Crippen LogP contribution in [0, 0.1) is 12.7 Å². The molecule has 6 heteroatoms. The molecule has 1 unspecified atom stereocenters. The van der Waals surface area contributed by atoms with Crippen LogP contribution >= 0.6 is 0 Å². The van der Waals surface area contributed by atoms with E-state index in [1.54, 1.807) is 12.1 Å². The number of aryl methyl sites for hydroxylation is 1. The highest BCUT2D eigenvalue weighted by atomic mass is 19.1. The topological polar surface area (TPSA) is 75.4 Å². The Balaban J connectivity index is 1.64. The number of benzene rings is 2. The Bertz CT molecular complexity index is 874. The molecule has 0 aliphatic rings. The van der Waals surface area contributed by atoms with Gasteiger partial charge in [0.25, 0.3) is 5.91 Å². The van der Waals surface area contributed by atoms with E-state index in [0.717, 1.165) is 11.1 Å². The van der Waals surface area contributed by atoms with E-state index < -0.39 is 12.0 Å². The van der Waals surface area contributed by atoms with Crippen molar-refractivity contribution in [2.24, 2.45) is 0 Å². The molecule has 0 aliphatic heterocycles. The maximum Gasteiger partial charge on any atom is 0.273 e. The fraction of sp³-hybridized carbons (Fsp3) is 0.158. The first-order valence-electron chi connectivity index (χ1n) is 7.79. The van der Waals surface area contributed by atoms with Crippen molar-refractivity contribution in [1.82, 2.24) is 10.5 Å². The van der Waals surface area contributed by atoms with Crippen molar-refractivity contribution in [3.63, 3.8) is 0 Å². The molecule has 0 radical (unpaired) electrons. The molecule has 0 saturated heterocycles. The molecule has 0 saturated carbocycles. The molecule has 1 amide bonds. The summed E-state index contributed by atoms with van der Waals surface area (Å²) in [5.74, 6) is -0.444. The van der Waals surface area contributed by atoms with E-state index in [-0.39, 0.29) is 18.1 Å². The smallest absolute Gasteiger partial charge is 0.273 e. The lowest BCUT2D eigenvalue weighted by Crippen LogP contribution is -2.28. The Kier molecular flexibility index (Phi) is 4.90. The summed E-state index contributed by atoms with van der Waals surface area (Å²) < 4.78 is 18.1. The van der Waals surface area contributed by atoms with E-state index in [4.69, 9.17) is 4.52 Å². The van der Waals surface area contributed by atoms with E-state index in [0.29, 0.717) is 11.3 Å². The van der Waals surface area contributed by atoms with Gasteiger partial charge in [0.05, 0.1) is 6.10 Å². The molecule has 25 heavy (non-hydrogen) atoms. The molecular weight excluding hydrogens is 323 g/mol. The summed E-state index contributed by atoms with van der Waals surface area (Å²) in [6.45, 7) is 1.95. The highest BCUT2D eigenvalue weighted by Crippen LogP contribution is 2.21. The highest BCUT2D eigenvalue weighted by Gasteiger charge is 2.16. The summed E-state index contributed by atoms with van der Waals surface area (Å²) in [5.41, 5.74) is 2.42. The first-order valence-corrected chi connectivity index (χ1v) is 7.79. The Labute approximate surface area is 144 Å². The minimum absolute atomic E-state index is 0.0580. The van der Waals surface area contributed by atoms with Crippen molar-refractivity contribution < 1.29 is 18.8 Å². The van der Waals surface area contributed by atoms with Crippen LogP contribution in [-0.4, -0.2) is 22.7 Å². The molecule has 1 heterocycles. The zero-order chi connectivity index (χ0) is 17.8. The second kappa shape index (κ2) is 7.27. The van der Waals surface area contributed by atoms with Crippen LogP contribution in [0.4, 0.5) is 4.39 Å². The van der Waals surface area contributed by atoms with Gasteiger partial charge in [-0.3, -0.25) is 4.79 Å². The van der Waals surface area contributed by atoms with Gasteiger partial charge in [-0.2, -0.15) is 0 Å². The van der Waals surface area contributed by atoms with Crippen LogP contribution in [-0.2, 0) is 0 Å². The number of carbonyl (C=O) groups excluding carboxylic acids is 1. The van der Waals surface area contributed by atoms with E-state index >= 15 is 0 Å². The molecule has 0 aliphatic carbocycles. The Hall–Kier alpha value is -2.99. The normalized spacial score (nSPS) is 12.0. The zero-order valence-corrected chi connectivity index (χ0v) is 13.6. The van der Waals surface area contributed by atoms with Gasteiger partial charge >= 0.3 is 0 Å². The van der Waals surface area contributed by atoms with Crippen molar-refractivity contribution in [2.45, 2.75) is 13.0 Å². The molecule has 3 rings (SSSR count). The molecule has 2 aromatic carbocycles. The minimum Gasteiger partial charge on any atom is -0.387 e. The predicted octanol–water partition coefficient (Wildman–Crippen LogP) is 3.25. The number of aliphatic hydroxyl groups is 1. The van der Waals surface area contributed by atoms with Crippen LogP contribution in [0.15, 0.2) is 59.1 Å². The Morgan fingerprint density at radius 3 is 2.68 bits per heavy atom. The first kappa shape index (κ1) is 16.9. The number of carbonyl (C=O) groups is 1. The lowest BCUT2D eigenvalue weighted by atomic mass is 10.0. The molecule has 3 aromatic rings. The fourth-order valence-electron chi connectivity index (χ4n) is 2.48. The van der Waals surface area contributed by atoms with Crippen molar-refractivity contribution in [3.05, 3.63) is 77.2 Å². The van der Waals surface area contributed by atoms with Crippen LogP contribution in [0.5, 0.6) is 0 Å². The second-order valence-electron chi connectivity index (χ2n) is 5.67. The second-order valence-corrected chi connectivity index (χ2v) is 5.67. The number of rotatable bonds is 5. The van der Waals surface area contributed by atoms with Gasteiger partial charge in [0.2, 0.25) is 0 Å². The van der Waals surface area contributed by atoms with Crippen LogP contribution in [0.25, 0.3) is 11.3 Å². The molecule has 0 spiro atoms. The molecule has 5 nitrogen and oxygen atoms in total. The summed E-state index contributed by atoms with van der Waals surface area (Å²) in [6.07, 6.45) is -0.811. The first-order chi connectivity index (χ1) is 12.0. The zero-order valence-electron chi connectivity index (χ0n) is 13.6. The van der Waals surface area contributed by atoms with E-state index in [9.17, 15) is 14.3 Å². The van der Waals surface area contributed by atoms with Gasteiger partial charge in [0, 0.05) is 18.2 Å². The Morgan fingerprint density at radius 1 is 1.24 bits per heavy atom. The number of nitrogens with zero attached hydrogens (tertiary/aromatic N) is 1. The number of halogens is 1. The average molecular weight is 340 g/mol. The number of nitrogens with one attached hydrogen (secondary N) is 1. The van der Waals surface area contributed by atoms with Crippen LogP contribution in [0.3, 0.4) is 0 Å². The SMILES string of the molecule is Cc1ccccc1C(O)CNC(=O)c1cc(-c2ccc(F)cc2)on1. The predicted molar refractivity (Wildman–Crippen MR) is 90.4 cm³/mol. The third-order valence-electron chi connectivity index (χ3n) is 3.87. The molecule has 128 valence electrons. The monoisotopic (exact) mass is 340 g/mol. The lowest BCUT2D eigenvalue weighted by molar-refractivity contribution is 0.0907. The lowest BCUT2D eigenvalue weighted by Gasteiger charge is -2.13. The van der Waals surface area contributed by atoms with Gasteiger partial charge in [0.1, 0.15) is 5.82 Å². The number of aliphatic hydroxyl groups excluding tert-OH is 1. The van der Waals surface area contributed by atoms with E-state index in [1.165, 1.54) is 18.2 Å². The maximum atomic E-state index is 12.9. The Morgan fingerprint density at radius 2 is 1.96 bits per heavy atom. The van der Waals surface area contributed by atoms with Crippen LogP contribution in [0.1, 0.15) is 27.7 Å². The molecule has 1 atom stereocenters. The summed E-state index contributed by atoms with van der Waals surface area (Å²) in [4.78, 5) is 12.2. The number of amides is 1. The van der Waals surface area contributed by atoms with Gasteiger partial charge in [-0.15, -0.1) is 0 Å². The average Bonchev–Trinajstić information content (AvgIpc) is 3.10. The van der Waals surface area contributed by atoms with Gasteiger partial charge in [-0.25, -0.2) is 4.39 Å². The summed E-state index contributed by atoms with van der Waals surface area (Å²) >= 11 is 0. The minimum atomic E-state index is -0.811. The van der Waals surface area contributed by atoms with Gasteiger partial charge in [0.15, 0.2) is 11.5 Å². The van der Waals surface area contributed by atoms with Crippen molar-refractivity contribution in [3.8, 4) is 11.3 Å². The van der Waals surface area contributed by atoms with Gasteiger partial charge in [-0.1, -0.05) is 29.4 Å². The van der Waals surface area contributed by atoms with Crippen molar-refractivity contribution in [1.29, 1.82) is 0 Å². The third kappa shape index (κ3) is 3.92. The van der Waals surface area contributed by atoms with Crippen molar-refractivity contribution >= 4 is 5.91 Å². The standard InChI is InChI=1S/C19H17FN2O3/c1-12-4-2-3-5-15(12)17(23)11-21-19(24)16-10-18(25-22-16)13-6-8-14(20)9-7-13/h2-10,17,23H,11H2,1H3,(H,21,24). The summed E-state index contributed by atoms with van der Waals surface area (Å²) in [5, 5.41) is 16.6. The van der Waals surface area contributed by atoms with Crippen LogP contribution in [0.2, 0.25) is 0 Å². The highest BCUT2D eigenvalue weighted by molar-refractivity contribution is 5.93. The van der Waals surface area contributed by atoms with Crippen LogP contribution < -0.4 is 5.32 Å². The fourth-order valence-corrected chi connectivity index (χ4v) is 2.48. The quantitative estimate of drug-likeness (QED) is 0.747. The molecule has 1 aromatic heterocycles. The molecule has 2 N–H and O–H groups in total. The van der Waals surface area contributed by atoms with Crippen molar-refractivity contribution in [2.75, 3.05) is 6.54 Å². The largest absolute Gasteiger partial charge is 0.387 e. The molecule has 0 bridgehead atoms. The van der Waals surface area contributed by atoms with E-state index in [2.05, 4.69) is 10.5 Å². The number of hydrogen-bond acceptors (Lipinski definition) is 4. The summed E-state index contributed by atoms with van der Waals surface area (Å²) in [7, 11) is 0. The molecule has 0 fully saturated rings. The third-order valence-corrected chi connectivity index (χ3v) is 3.87. The summed E-state index contributed by atoms with van der Waals surface area (Å²) in [6, 6.07) is 14.6. The van der Waals surface area contributed by atoms with Gasteiger partial charge < -0.3 is 14.9 Å². The number of hydrogen-bond donors (Lipinski definition) is 2. The van der Waals surface area contributed by atoms with E-state index in [1.807, 2.05) is 31.2 Å².